The molecule has 0 amide bonds. The van der Waals surface area contributed by atoms with Gasteiger partial charge in [0.25, 0.3) is 0 Å². The first-order chi connectivity index (χ1) is 9.65. The van der Waals surface area contributed by atoms with Crippen molar-refractivity contribution < 1.29 is 5.11 Å². The van der Waals surface area contributed by atoms with E-state index in [0.717, 1.165) is 30.5 Å². The Morgan fingerprint density at radius 3 is 2.75 bits per heavy atom. The van der Waals surface area contributed by atoms with Crippen molar-refractivity contribution in [3.63, 3.8) is 0 Å². The third kappa shape index (κ3) is 4.55. The molecule has 2 unspecified atom stereocenters. The summed E-state index contributed by atoms with van der Waals surface area (Å²) in [6, 6.07) is 0.523. The van der Waals surface area contributed by atoms with E-state index in [9.17, 15) is 5.11 Å². The van der Waals surface area contributed by atoms with Crippen molar-refractivity contribution in [1.29, 1.82) is 0 Å². The van der Waals surface area contributed by atoms with Crippen LogP contribution in [0, 0.1) is 0 Å². The van der Waals surface area contributed by atoms with E-state index in [4.69, 9.17) is 0 Å². The van der Waals surface area contributed by atoms with Gasteiger partial charge in [0.1, 0.15) is 0 Å². The first kappa shape index (κ1) is 16.0. The van der Waals surface area contributed by atoms with Crippen LogP contribution in [0.5, 0.6) is 0 Å². The fraction of sp³-hybridized carbons (Fsp3) is 0.933. The predicted octanol–water partition coefficient (Wildman–Crippen LogP) is 2.13. The molecule has 0 aliphatic heterocycles. The Balaban J connectivity index is 1.74. The minimum atomic E-state index is -0.495. The van der Waals surface area contributed by atoms with E-state index in [-0.39, 0.29) is 0 Å². The number of guanidine groups is 1. The van der Waals surface area contributed by atoms with Gasteiger partial charge in [-0.2, -0.15) is 11.8 Å². The van der Waals surface area contributed by atoms with Gasteiger partial charge in [0.15, 0.2) is 5.96 Å². The quantitative estimate of drug-likeness (QED) is 0.538. The van der Waals surface area contributed by atoms with Crippen LogP contribution in [0.4, 0.5) is 0 Å². The molecule has 20 heavy (non-hydrogen) atoms. The first-order valence-corrected chi connectivity index (χ1v) is 9.01. The molecule has 2 aliphatic carbocycles. The summed E-state index contributed by atoms with van der Waals surface area (Å²) in [5, 5.41) is 17.7. The van der Waals surface area contributed by atoms with Crippen LogP contribution < -0.4 is 10.6 Å². The number of nitrogens with one attached hydrogen (secondary N) is 2. The zero-order valence-corrected chi connectivity index (χ0v) is 13.6. The molecule has 0 spiro atoms. The highest BCUT2D eigenvalue weighted by molar-refractivity contribution is 7.99. The van der Waals surface area contributed by atoms with Crippen molar-refractivity contribution in [2.75, 3.05) is 19.3 Å². The molecule has 0 aromatic carbocycles. The van der Waals surface area contributed by atoms with Crippen LogP contribution in [0.2, 0.25) is 0 Å². The van der Waals surface area contributed by atoms with Crippen molar-refractivity contribution in [1.82, 2.24) is 10.6 Å². The Labute approximate surface area is 127 Å². The molecule has 3 N–H and O–H groups in total. The van der Waals surface area contributed by atoms with Gasteiger partial charge in [0.05, 0.1) is 5.60 Å². The summed E-state index contributed by atoms with van der Waals surface area (Å²) in [7, 11) is 1.81. The molecule has 2 atom stereocenters. The highest BCUT2D eigenvalue weighted by Gasteiger charge is 2.34. The minimum Gasteiger partial charge on any atom is -0.388 e. The van der Waals surface area contributed by atoms with Gasteiger partial charge in [0, 0.05) is 24.9 Å². The van der Waals surface area contributed by atoms with Crippen molar-refractivity contribution in [3.8, 4) is 0 Å². The van der Waals surface area contributed by atoms with E-state index in [1.54, 1.807) is 7.05 Å². The summed E-state index contributed by atoms with van der Waals surface area (Å²) in [6.07, 6.45) is 8.07. The van der Waals surface area contributed by atoms with Crippen molar-refractivity contribution in [2.45, 2.75) is 68.8 Å². The van der Waals surface area contributed by atoms with Crippen LogP contribution in [0.3, 0.4) is 0 Å². The van der Waals surface area contributed by atoms with Crippen molar-refractivity contribution in [2.24, 2.45) is 4.99 Å². The lowest BCUT2D eigenvalue weighted by Crippen LogP contribution is -2.52. The second kappa shape index (κ2) is 7.55. The average Bonchev–Trinajstić information content (AvgIpc) is 2.42. The number of rotatable bonds is 5. The van der Waals surface area contributed by atoms with Crippen molar-refractivity contribution >= 4 is 17.7 Å². The van der Waals surface area contributed by atoms with Crippen LogP contribution in [0.15, 0.2) is 4.99 Å². The van der Waals surface area contributed by atoms with E-state index in [1.807, 2.05) is 0 Å². The summed E-state index contributed by atoms with van der Waals surface area (Å²) in [5.41, 5.74) is -0.495. The van der Waals surface area contributed by atoms with E-state index < -0.39 is 5.60 Å². The van der Waals surface area contributed by atoms with E-state index in [2.05, 4.69) is 34.3 Å². The second-order valence-electron chi connectivity index (χ2n) is 6.09. The molecule has 5 heteroatoms. The lowest BCUT2D eigenvalue weighted by Gasteiger charge is -2.37. The van der Waals surface area contributed by atoms with E-state index in [1.165, 1.54) is 31.4 Å². The summed E-state index contributed by atoms with van der Waals surface area (Å²) in [4.78, 5) is 4.29. The number of hydrogen-bond donors (Lipinski definition) is 3. The molecule has 4 nitrogen and oxygen atoms in total. The highest BCUT2D eigenvalue weighted by atomic mass is 32.2. The normalized spacial score (nSPS) is 29.6. The monoisotopic (exact) mass is 299 g/mol. The number of thioether (sulfide) groups is 1. The van der Waals surface area contributed by atoms with E-state index in [0.29, 0.717) is 12.6 Å². The molecule has 2 fully saturated rings. The molecule has 2 saturated carbocycles. The standard InChI is InChI=1S/C15H29N3OS/c1-3-20-13-7-4-6-12(10-13)18-14(16-2)17-11-15(19)8-5-9-15/h12-13,19H,3-11H2,1-2H3,(H2,16,17,18). The van der Waals surface area contributed by atoms with Gasteiger partial charge in [0.2, 0.25) is 0 Å². The zero-order valence-electron chi connectivity index (χ0n) is 12.8. The third-order valence-electron chi connectivity index (χ3n) is 4.46. The Hall–Kier alpha value is -0.420. The SMILES string of the molecule is CCSC1CCCC(NC(=NC)NCC2(O)CCC2)C1. The molecule has 116 valence electrons. The van der Waals surface area contributed by atoms with E-state index >= 15 is 0 Å². The van der Waals surface area contributed by atoms with Crippen LogP contribution in [-0.4, -0.2) is 47.3 Å². The third-order valence-corrected chi connectivity index (χ3v) is 5.69. The molecule has 0 saturated heterocycles. The second-order valence-corrected chi connectivity index (χ2v) is 7.67. The lowest BCUT2D eigenvalue weighted by molar-refractivity contribution is -0.0279. The summed E-state index contributed by atoms with van der Waals surface area (Å²) in [5.74, 6) is 2.05. The molecular formula is C15H29N3OS. The molecule has 0 radical (unpaired) electrons. The molecular weight excluding hydrogens is 270 g/mol. The van der Waals surface area contributed by atoms with Gasteiger partial charge in [-0.15, -0.1) is 0 Å². The average molecular weight is 299 g/mol. The Morgan fingerprint density at radius 1 is 1.35 bits per heavy atom. The minimum absolute atomic E-state index is 0.495. The topological polar surface area (TPSA) is 56.7 Å². The van der Waals surface area contributed by atoms with Gasteiger partial charge in [-0.3, -0.25) is 4.99 Å². The Morgan fingerprint density at radius 2 is 2.15 bits per heavy atom. The van der Waals surface area contributed by atoms with Crippen LogP contribution >= 0.6 is 11.8 Å². The fourth-order valence-corrected chi connectivity index (χ4v) is 4.23. The maximum absolute atomic E-state index is 10.1. The largest absolute Gasteiger partial charge is 0.388 e. The van der Waals surface area contributed by atoms with Gasteiger partial charge >= 0.3 is 0 Å². The molecule has 2 rings (SSSR count). The van der Waals surface area contributed by atoms with Crippen LogP contribution in [-0.2, 0) is 0 Å². The maximum atomic E-state index is 10.1. The summed E-state index contributed by atoms with van der Waals surface area (Å²) in [6.45, 7) is 2.86. The number of nitrogens with zero attached hydrogens (tertiary/aromatic N) is 1. The lowest BCUT2D eigenvalue weighted by atomic mass is 9.80. The predicted molar refractivity (Wildman–Crippen MR) is 87.5 cm³/mol. The first-order valence-electron chi connectivity index (χ1n) is 7.96. The molecule has 0 aromatic rings. The fourth-order valence-electron chi connectivity index (χ4n) is 3.06. The number of aliphatic hydroxyl groups is 1. The smallest absolute Gasteiger partial charge is 0.191 e. The summed E-state index contributed by atoms with van der Waals surface area (Å²) >= 11 is 2.08. The number of aliphatic imine (C=N–C) groups is 1. The van der Waals surface area contributed by atoms with Gasteiger partial charge in [-0.05, 0) is 44.3 Å². The maximum Gasteiger partial charge on any atom is 0.191 e. The van der Waals surface area contributed by atoms with Crippen LogP contribution in [0.1, 0.15) is 51.9 Å². The van der Waals surface area contributed by atoms with Gasteiger partial charge < -0.3 is 15.7 Å². The van der Waals surface area contributed by atoms with Crippen molar-refractivity contribution in [3.05, 3.63) is 0 Å². The Kier molecular flexibility index (Phi) is 6.02. The molecule has 0 heterocycles. The Bertz CT molecular complexity index is 329. The molecule has 0 aromatic heterocycles. The van der Waals surface area contributed by atoms with Crippen LogP contribution in [0.25, 0.3) is 0 Å². The highest BCUT2D eigenvalue weighted by Crippen LogP contribution is 2.31. The van der Waals surface area contributed by atoms with Gasteiger partial charge in [-0.1, -0.05) is 13.3 Å². The molecule has 0 bridgehead atoms. The molecule has 2 aliphatic rings. The summed E-state index contributed by atoms with van der Waals surface area (Å²) < 4.78 is 0. The zero-order chi connectivity index (χ0) is 14.4. The number of hydrogen-bond acceptors (Lipinski definition) is 3. The van der Waals surface area contributed by atoms with Gasteiger partial charge in [-0.25, -0.2) is 0 Å².